The van der Waals surface area contributed by atoms with E-state index in [4.69, 9.17) is 16.7 Å². The Morgan fingerprint density at radius 2 is 2.25 bits per heavy atom. The summed E-state index contributed by atoms with van der Waals surface area (Å²) < 4.78 is 1.74. The van der Waals surface area contributed by atoms with Crippen molar-refractivity contribution in [3.05, 3.63) is 47.0 Å². The van der Waals surface area contributed by atoms with Gasteiger partial charge < -0.3 is 9.67 Å². The minimum atomic E-state index is -0.976. The number of aromatic carboxylic acids is 1. The van der Waals surface area contributed by atoms with Crippen LogP contribution in [0.25, 0.3) is 5.69 Å². The van der Waals surface area contributed by atoms with E-state index in [0.29, 0.717) is 10.7 Å². The van der Waals surface area contributed by atoms with Gasteiger partial charge in [-0.2, -0.15) is 0 Å². The average molecular weight is 237 g/mol. The normalized spacial score (nSPS) is 10.4. The van der Waals surface area contributed by atoms with Crippen LogP contribution in [-0.4, -0.2) is 20.6 Å². The molecule has 1 heterocycles. The number of imidazole rings is 1. The maximum atomic E-state index is 10.9. The number of nitrogens with zero attached hydrogens (tertiary/aromatic N) is 2. The topological polar surface area (TPSA) is 55.1 Å². The zero-order valence-electron chi connectivity index (χ0n) is 8.51. The lowest BCUT2D eigenvalue weighted by molar-refractivity contribution is 0.0697. The van der Waals surface area contributed by atoms with Gasteiger partial charge in [-0.25, -0.2) is 9.78 Å². The van der Waals surface area contributed by atoms with Crippen LogP contribution in [0.1, 0.15) is 16.1 Å². The minimum Gasteiger partial charge on any atom is -0.478 e. The molecule has 1 aromatic heterocycles. The molecule has 0 aliphatic carbocycles. The number of aryl methyl sites for hydroxylation is 1. The maximum absolute atomic E-state index is 10.9. The molecule has 0 saturated heterocycles. The summed E-state index contributed by atoms with van der Waals surface area (Å²) in [5.74, 6) is -0.976. The SMILES string of the molecule is Cc1cncn1-c1cc(C(=O)O)ccc1Cl. The first-order valence-corrected chi connectivity index (χ1v) is 4.99. The van der Waals surface area contributed by atoms with Crippen LogP contribution in [0.5, 0.6) is 0 Å². The van der Waals surface area contributed by atoms with Crippen molar-refractivity contribution < 1.29 is 9.90 Å². The number of benzene rings is 1. The molecule has 0 atom stereocenters. The van der Waals surface area contributed by atoms with Gasteiger partial charge in [0.15, 0.2) is 0 Å². The van der Waals surface area contributed by atoms with Gasteiger partial charge in [0.2, 0.25) is 0 Å². The third-order valence-corrected chi connectivity index (χ3v) is 2.60. The summed E-state index contributed by atoms with van der Waals surface area (Å²) in [6.07, 6.45) is 3.28. The predicted molar refractivity (Wildman–Crippen MR) is 60.3 cm³/mol. The molecule has 82 valence electrons. The molecule has 0 radical (unpaired) electrons. The fraction of sp³-hybridized carbons (Fsp3) is 0.0909. The Morgan fingerprint density at radius 1 is 1.50 bits per heavy atom. The average Bonchev–Trinajstić information content (AvgIpc) is 2.65. The number of aromatic nitrogens is 2. The van der Waals surface area contributed by atoms with Gasteiger partial charge in [0.05, 0.1) is 22.6 Å². The van der Waals surface area contributed by atoms with Crippen molar-refractivity contribution in [2.24, 2.45) is 0 Å². The van der Waals surface area contributed by atoms with Crippen LogP contribution in [0.3, 0.4) is 0 Å². The molecule has 1 aromatic carbocycles. The maximum Gasteiger partial charge on any atom is 0.335 e. The highest BCUT2D eigenvalue weighted by Crippen LogP contribution is 2.23. The highest BCUT2D eigenvalue weighted by molar-refractivity contribution is 6.32. The fourth-order valence-corrected chi connectivity index (χ4v) is 1.65. The zero-order chi connectivity index (χ0) is 11.7. The van der Waals surface area contributed by atoms with Crippen molar-refractivity contribution in [3.8, 4) is 5.69 Å². The van der Waals surface area contributed by atoms with Crippen LogP contribution < -0.4 is 0 Å². The molecule has 0 amide bonds. The molecule has 0 aliphatic heterocycles. The second-order valence-electron chi connectivity index (χ2n) is 3.38. The Labute approximate surface area is 97.1 Å². The number of carbonyl (C=O) groups is 1. The largest absolute Gasteiger partial charge is 0.478 e. The van der Waals surface area contributed by atoms with Gasteiger partial charge in [0.1, 0.15) is 0 Å². The van der Waals surface area contributed by atoms with Gasteiger partial charge in [-0.3, -0.25) is 0 Å². The van der Waals surface area contributed by atoms with E-state index in [0.717, 1.165) is 5.69 Å². The summed E-state index contributed by atoms with van der Waals surface area (Å²) in [5, 5.41) is 9.39. The van der Waals surface area contributed by atoms with Crippen LogP contribution in [0.2, 0.25) is 5.02 Å². The van der Waals surface area contributed by atoms with Crippen LogP contribution in [0, 0.1) is 6.92 Å². The quantitative estimate of drug-likeness (QED) is 0.872. The Balaban J connectivity index is 2.60. The van der Waals surface area contributed by atoms with E-state index in [1.165, 1.54) is 12.1 Å². The van der Waals surface area contributed by atoms with Gasteiger partial charge >= 0.3 is 5.97 Å². The molecule has 0 bridgehead atoms. The Kier molecular flexibility index (Phi) is 2.66. The third kappa shape index (κ3) is 1.79. The van der Waals surface area contributed by atoms with Gasteiger partial charge in [-0.05, 0) is 25.1 Å². The second-order valence-corrected chi connectivity index (χ2v) is 3.78. The number of hydrogen-bond donors (Lipinski definition) is 1. The van der Waals surface area contributed by atoms with E-state index in [-0.39, 0.29) is 5.56 Å². The summed E-state index contributed by atoms with van der Waals surface area (Å²) in [6.45, 7) is 1.87. The zero-order valence-corrected chi connectivity index (χ0v) is 9.27. The van der Waals surface area contributed by atoms with E-state index >= 15 is 0 Å². The highest BCUT2D eigenvalue weighted by atomic mass is 35.5. The molecule has 4 nitrogen and oxygen atoms in total. The molecular weight excluding hydrogens is 228 g/mol. The lowest BCUT2D eigenvalue weighted by atomic mass is 10.2. The van der Waals surface area contributed by atoms with Crippen LogP contribution in [-0.2, 0) is 0 Å². The molecule has 0 unspecified atom stereocenters. The number of hydrogen-bond acceptors (Lipinski definition) is 2. The van der Waals surface area contributed by atoms with Crippen LogP contribution in [0.4, 0.5) is 0 Å². The Hall–Kier alpha value is -1.81. The molecular formula is C11H9ClN2O2. The number of rotatable bonds is 2. The molecule has 0 spiro atoms. The van der Waals surface area contributed by atoms with Crippen molar-refractivity contribution in [2.75, 3.05) is 0 Å². The lowest BCUT2D eigenvalue weighted by Gasteiger charge is -2.08. The van der Waals surface area contributed by atoms with Gasteiger partial charge in [-0.1, -0.05) is 11.6 Å². The number of carboxylic acid groups (broad SMARTS) is 1. The first-order valence-electron chi connectivity index (χ1n) is 4.62. The standard InChI is InChI=1S/C11H9ClN2O2/c1-7-5-13-6-14(7)10-4-8(11(15)16)2-3-9(10)12/h2-6H,1H3,(H,15,16). The monoisotopic (exact) mass is 236 g/mol. The summed E-state index contributed by atoms with van der Waals surface area (Å²) in [6, 6.07) is 4.57. The van der Waals surface area contributed by atoms with Gasteiger partial charge in [0, 0.05) is 11.9 Å². The van der Waals surface area contributed by atoms with Crippen molar-refractivity contribution in [3.63, 3.8) is 0 Å². The molecule has 2 rings (SSSR count). The van der Waals surface area contributed by atoms with Crippen LogP contribution >= 0.6 is 11.6 Å². The summed E-state index contributed by atoms with van der Waals surface area (Å²) in [4.78, 5) is 14.8. The highest BCUT2D eigenvalue weighted by Gasteiger charge is 2.09. The van der Waals surface area contributed by atoms with Gasteiger partial charge in [-0.15, -0.1) is 0 Å². The summed E-state index contributed by atoms with van der Waals surface area (Å²) in [7, 11) is 0. The molecule has 16 heavy (non-hydrogen) atoms. The minimum absolute atomic E-state index is 0.201. The molecule has 1 N–H and O–H groups in total. The van der Waals surface area contributed by atoms with Crippen molar-refractivity contribution in [1.29, 1.82) is 0 Å². The summed E-state index contributed by atoms with van der Waals surface area (Å²) in [5.41, 5.74) is 1.72. The van der Waals surface area contributed by atoms with E-state index in [9.17, 15) is 4.79 Å². The number of halogens is 1. The van der Waals surface area contributed by atoms with Crippen molar-refractivity contribution in [2.45, 2.75) is 6.92 Å². The van der Waals surface area contributed by atoms with Crippen molar-refractivity contribution in [1.82, 2.24) is 9.55 Å². The third-order valence-electron chi connectivity index (χ3n) is 2.28. The molecule has 2 aromatic rings. The number of carboxylic acids is 1. The predicted octanol–water partition coefficient (Wildman–Crippen LogP) is 2.53. The van der Waals surface area contributed by atoms with Crippen molar-refractivity contribution >= 4 is 17.6 Å². The Bertz CT molecular complexity index is 549. The van der Waals surface area contributed by atoms with E-state index < -0.39 is 5.97 Å². The first kappa shape index (κ1) is 10.7. The first-order chi connectivity index (χ1) is 7.59. The summed E-state index contributed by atoms with van der Waals surface area (Å²) >= 11 is 6.02. The lowest BCUT2D eigenvalue weighted by Crippen LogP contribution is -2.01. The van der Waals surface area contributed by atoms with Gasteiger partial charge in [0.25, 0.3) is 0 Å². The van der Waals surface area contributed by atoms with E-state index in [1.807, 2.05) is 6.92 Å². The molecule has 0 aliphatic rings. The molecule has 0 saturated carbocycles. The second kappa shape index (κ2) is 3.98. The fourth-order valence-electron chi connectivity index (χ4n) is 1.44. The smallest absolute Gasteiger partial charge is 0.335 e. The van der Waals surface area contributed by atoms with E-state index in [1.54, 1.807) is 23.2 Å². The molecule has 5 heteroatoms. The van der Waals surface area contributed by atoms with E-state index in [2.05, 4.69) is 4.98 Å². The van der Waals surface area contributed by atoms with Crippen LogP contribution in [0.15, 0.2) is 30.7 Å². The Morgan fingerprint density at radius 3 is 2.81 bits per heavy atom. The molecule has 0 fully saturated rings.